The van der Waals surface area contributed by atoms with Gasteiger partial charge in [-0.05, 0) is 34.5 Å². The Hall–Kier alpha value is -3.82. The highest BCUT2D eigenvalue weighted by atomic mass is 32.2. The smallest absolute Gasteiger partial charge is 0.274 e. The molecule has 0 radical (unpaired) electrons. The molecule has 1 fully saturated rings. The number of benzene rings is 3. The van der Waals surface area contributed by atoms with Crippen LogP contribution in [0.15, 0.2) is 94.6 Å². The number of fused-ring (bicyclic) bond motifs is 1. The van der Waals surface area contributed by atoms with E-state index in [0.717, 1.165) is 16.3 Å². The molecule has 1 aliphatic rings. The fourth-order valence-corrected chi connectivity index (χ4v) is 5.66. The van der Waals surface area contributed by atoms with Crippen molar-refractivity contribution in [1.82, 2.24) is 19.0 Å². The van der Waals surface area contributed by atoms with Crippen molar-refractivity contribution in [3.63, 3.8) is 0 Å². The van der Waals surface area contributed by atoms with Gasteiger partial charge in [0.25, 0.3) is 11.5 Å². The Kier molecular flexibility index (Phi) is 6.19. The van der Waals surface area contributed by atoms with Crippen LogP contribution in [0.2, 0.25) is 0 Å². The van der Waals surface area contributed by atoms with E-state index in [9.17, 15) is 18.0 Å². The molecular weight excluding hydrogens is 464 g/mol. The number of rotatable bonds is 5. The van der Waals surface area contributed by atoms with Crippen LogP contribution in [0.1, 0.15) is 16.1 Å². The Balaban J connectivity index is 1.29. The summed E-state index contributed by atoms with van der Waals surface area (Å²) in [6, 6.07) is 24.9. The Morgan fingerprint density at radius 3 is 2.23 bits per heavy atom. The van der Waals surface area contributed by atoms with Gasteiger partial charge in [0.05, 0.1) is 11.4 Å². The number of carbonyl (C=O) groups excluding carboxylic acids is 1. The highest BCUT2D eigenvalue weighted by Crippen LogP contribution is 2.23. The van der Waals surface area contributed by atoms with Gasteiger partial charge in [-0.3, -0.25) is 9.59 Å². The van der Waals surface area contributed by atoms with Crippen LogP contribution in [0, 0.1) is 0 Å². The molecule has 5 rings (SSSR count). The van der Waals surface area contributed by atoms with Crippen molar-refractivity contribution in [3.05, 3.63) is 107 Å². The van der Waals surface area contributed by atoms with Gasteiger partial charge >= 0.3 is 0 Å². The Labute approximate surface area is 203 Å². The Bertz CT molecular complexity index is 1540. The second kappa shape index (κ2) is 9.44. The molecule has 35 heavy (non-hydrogen) atoms. The monoisotopic (exact) mass is 488 g/mol. The molecular formula is C26H24N4O4S. The van der Waals surface area contributed by atoms with Gasteiger partial charge < -0.3 is 4.90 Å². The van der Waals surface area contributed by atoms with E-state index in [2.05, 4.69) is 5.10 Å². The number of hydrogen-bond donors (Lipinski definition) is 0. The van der Waals surface area contributed by atoms with Crippen LogP contribution in [-0.4, -0.2) is 59.5 Å². The number of nitrogens with zero attached hydrogens (tertiary/aromatic N) is 4. The van der Waals surface area contributed by atoms with Crippen molar-refractivity contribution in [2.24, 2.45) is 0 Å². The second-order valence-corrected chi connectivity index (χ2v) is 10.3. The van der Waals surface area contributed by atoms with Crippen molar-refractivity contribution in [2.75, 3.05) is 26.2 Å². The highest BCUT2D eigenvalue weighted by molar-refractivity contribution is 7.89. The molecule has 3 aromatic carbocycles. The summed E-state index contributed by atoms with van der Waals surface area (Å²) in [7, 11) is -3.68. The second-order valence-electron chi connectivity index (χ2n) is 8.41. The predicted octanol–water partition coefficient (Wildman–Crippen LogP) is 2.59. The SMILES string of the molecule is O=C(c1ccc(=O)n(Cc2ccccc2)n1)N1CCN(S(=O)(=O)c2ccc3ccccc3c2)CC1. The zero-order chi connectivity index (χ0) is 24.4. The molecule has 1 aliphatic heterocycles. The molecule has 1 amide bonds. The maximum Gasteiger partial charge on any atom is 0.274 e. The highest BCUT2D eigenvalue weighted by Gasteiger charge is 2.31. The van der Waals surface area contributed by atoms with Crippen LogP contribution in [0.25, 0.3) is 10.8 Å². The first-order valence-electron chi connectivity index (χ1n) is 11.3. The average molecular weight is 489 g/mol. The third-order valence-electron chi connectivity index (χ3n) is 6.15. The van der Waals surface area contributed by atoms with Crippen molar-refractivity contribution in [2.45, 2.75) is 11.4 Å². The van der Waals surface area contributed by atoms with Gasteiger partial charge in [0, 0.05) is 32.2 Å². The van der Waals surface area contributed by atoms with Crippen molar-refractivity contribution < 1.29 is 13.2 Å². The minimum absolute atomic E-state index is 0.159. The summed E-state index contributed by atoms with van der Waals surface area (Å²) in [6.07, 6.45) is 0. The predicted molar refractivity (Wildman–Crippen MR) is 133 cm³/mol. The maximum atomic E-state index is 13.2. The van der Waals surface area contributed by atoms with Crippen LogP contribution in [-0.2, 0) is 16.6 Å². The number of carbonyl (C=O) groups is 1. The number of piperazine rings is 1. The summed E-state index contributed by atoms with van der Waals surface area (Å²) in [6.45, 7) is 1.12. The standard InChI is InChI=1S/C26H24N4O4S/c31-25-13-12-24(27-30(25)19-20-6-2-1-3-7-20)26(32)28-14-16-29(17-15-28)35(33,34)23-11-10-21-8-4-5-9-22(21)18-23/h1-13,18H,14-17,19H2. The number of aromatic nitrogens is 2. The third kappa shape index (κ3) is 4.73. The lowest BCUT2D eigenvalue weighted by Crippen LogP contribution is -2.50. The first-order valence-corrected chi connectivity index (χ1v) is 12.8. The minimum atomic E-state index is -3.68. The summed E-state index contributed by atoms with van der Waals surface area (Å²) in [4.78, 5) is 27.1. The number of hydrogen-bond acceptors (Lipinski definition) is 5. The number of sulfonamides is 1. The minimum Gasteiger partial charge on any atom is -0.335 e. The van der Waals surface area contributed by atoms with E-state index in [4.69, 9.17) is 0 Å². The molecule has 0 saturated carbocycles. The third-order valence-corrected chi connectivity index (χ3v) is 8.04. The molecule has 178 valence electrons. The molecule has 0 unspecified atom stereocenters. The van der Waals surface area contributed by atoms with E-state index in [1.807, 2.05) is 54.6 Å². The molecule has 1 saturated heterocycles. The van der Waals surface area contributed by atoms with Gasteiger partial charge in [0.1, 0.15) is 5.69 Å². The zero-order valence-electron chi connectivity index (χ0n) is 18.9. The summed E-state index contributed by atoms with van der Waals surface area (Å²) in [5.74, 6) is -0.324. The van der Waals surface area contributed by atoms with Crippen LogP contribution in [0.3, 0.4) is 0 Å². The van der Waals surface area contributed by atoms with Crippen LogP contribution in [0.4, 0.5) is 0 Å². The van der Waals surface area contributed by atoms with Crippen LogP contribution < -0.4 is 5.56 Å². The van der Waals surface area contributed by atoms with E-state index < -0.39 is 10.0 Å². The van der Waals surface area contributed by atoms with Crippen LogP contribution in [0.5, 0.6) is 0 Å². The molecule has 0 N–H and O–H groups in total. The van der Waals surface area contributed by atoms with E-state index in [0.29, 0.717) is 0 Å². The summed E-state index contributed by atoms with van der Waals surface area (Å²) in [5.41, 5.74) is 0.766. The van der Waals surface area contributed by atoms with Crippen molar-refractivity contribution >= 4 is 26.7 Å². The Morgan fingerprint density at radius 1 is 0.800 bits per heavy atom. The molecule has 0 bridgehead atoms. The van der Waals surface area contributed by atoms with E-state index >= 15 is 0 Å². The first-order chi connectivity index (χ1) is 16.9. The van der Waals surface area contributed by atoms with Crippen molar-refractivity contribution in [3.8, 4) is 0 Å². The number of amides is 1. The van der Waals surface area contributed by atoms with Gasteiger partial charge in [-0.15, -0.1) is 0 Å². The van der Waals surface area contributed by atoms with Crippen LogP contribution >= 0.6 is 0 Å². The largest absolute Gasteiger partial charge is 0.335 e. The first kappa shape index (κ1) is 22.9. The summed E-state index contributed by atoms with van der Waals surface area (Å²) < 4.78 is 29.1. The van der Waals surface area contributed by atoms with Gasteiger partial charge in [-0.2, -0.15) is 9.40 Å². The Morgan fingerprint density at radius 2 is 1.49 bits per heavy atom. The van der Waals surface area contributed by atoms with Gasteiger partial charge in [-0.25, -0.2) is 13.1 Å². The average Bonchev–Trinajstić information content (AvgIpc) is 2.90. The molecule has 2 heterocycles. The molecule has 1 aromatic heterocycles. The lowest BCUT2D eigenvalue weighted by molar-refractivity contribution is 0.0689. The lowest BCUT2D eigenvalue weighted by Gasteiger charge is -2.33. The van der Waals surface area contributed by atoms with Gasteiger partial charge in [0.15, 0.2) is 0 Å². The molecule has 0 atom stereocenters. The topological polar surface area (TPSA) is 92.6 Å². The normalized spacial score (nSPS) is 14.8. The molecule has 0 spiro atoms. The lowest BCUT2D eigenvalue weighted by atomic mass is 10.1. The van der Waals surface area contributed by atoms with Gasteiger partial charge in [-0.1, -0.05) is 60.7 Å². The van der Waals surface area contributed by atoms with E-state index in [1.54, 1.807) is 23.1 Å². The fourth-order valence-electron chi connectivity index (χ4n) is 4.20. The van der Waals surface area contributed by atoms with E-state index in [1.165, 1.54) is 21.1 Å². The van der Waals surface area contributed by atoms with Gasteiger partial charge in [0.2, 0.25) is 10.0 Å². The summed E-state index contributed by atoms with van der Waals surface area (Å²) in [5, 5.41) is 6.10. The maximum absolute atomic E-state index is 13.2. The molecule has 4 aromatic rings. The quantitative estimate of drug-likeness (QED) is 0.431. The summed E-state index contributed by atoms with van der Waals surface area (Å²) >= 11 is 0. The van der Waals surface area contributed by atoms with E-state index in [-0.39, 0.29) is 54.8 Å². The molecule has 9 heteroatoms. The molecule has 8 nitrogen and oxygen atoms in total. The zero-order valence-corrected chi connectivity index (χ0v) is 19.8. The van der Waals surface area contributed by atoms with Crippen molar-refractivity contribution in [1.29, 1.82) is 0 Å². The molecule has 0 aliphatic carbocycles. The fraction of sp³-hybridized carbons (Fsp3) is 0.192.